The molecule has 2 rings (SSSR count). The summed E-state index contributed by atoms with van der Waals surface area (Å²) in [5, 5.41) is 3.35. The summed E-state index contributed by atoms with van der Waals surface area (Å²) in [6.07, 6.45) is 12.2. The quantitative estimate of drug-likeness (QED) is 0.282. The zero-order valence-electron chi connectivity index (χ0n) is 20.0. The van der Waals surface area contributed by atoms with Crippen molar-refractivity contribution in [2.45, 2.75) is 90.0 Å². The van der Waals surface area contributed by atoms with Crippen molar-refractivity contribution in [1.29, 1.82) is 0 Å². The molecule has 1 unspecified atom stereocenters. The first-order valence-corrected chi connectivity index (χ1v) is 12.9. The molecule has 1 heterocycles. The van der Waals surface area contributed by atoms with Crippen LogP contribution >= 0.6 is 11.6 Å². The Morgan fingerprint density at radius 2 is 1.61 bits per heavy atom. The number of amides is 2. The number of esters is 1. The number of benzene rings is 1. The van der Waals surface area contributed by atoms with Crippen molar-refractivity contribution in [2.24, 2.45) is 0 Å². The molecule has 0 saturated carbocycles. The van der Waals surface area contributed by atoms with E-state index in [4.69, 9.17) is 16.3 Å². The normalized spacial score (nSPS) is 15.9. The molecule has 1 fully saturated rings. The van der Waals surface area contributed by atoms with Crippen molar-refractivity contribution in [3.8, 4) is 0 Å². The van der Waals surface area contributed by atoms with Gasteiger partial charge < -0.3 is 15.0 Å². The fourth-order valence-electron chi connectivity index (χ4n) is 4.09. The van der Waals surface area contributed by atoms with Crippen LogP contribution in [-0.2, 0) is 25.5 Å². The van der Waals surface area contributed by atoms with Gasteiger partial charge in [-0.25, -0.2) is 0 Å². The molecule has 0 aliphatic carbocycles. The Kier molecular flexibility index (Phi) is 12.9. The van der Waals surface area contributed by atoms with Gasteiger partial charge in [0.25, 0.3) is 0 Å². The summed E-state index contributed by atoms with van der Waals surface area (Å²) in [5.74, 6) is -0.918. The fourth-order valence-corrected chi connectivity index (χ4v) is 4.21. The summed E-state index contributed by atoms with van der Waals surface area (Å²) >= 11 is 5.90. The second-order valence-corrected chi connectivity index (χ2v) is 9.24. The molecular weight excluding hydrogens is 440 g/mol. The van der Waals surface area contributed by atoms with Crippen LogP contribution < -0.4 is 5.32 Å². The van der Waals surface area contributed by atoms with Crippen LogP contribution in [0.3, 0.4) is 0 Å². The number of halogens is 1. The molecular formula is C26H39ClN2O4. The lowest BCUT2D eigenvalue weighted by Gasteiger charge is -2.34. The number of carbonyl (C=O) groups is 3. The smallest absolute Gasteiger partial charge is 0.308 e. The molecule has 1 aromatic rings. The molecule has 1 aliphatic rings. The summed E-state index contributed by atoms with van der Waals surface area (Å²) in [6.45, 7) is 3.36. The van der Waals surface area contributed by atoms with Crippen LogP contribution in [0.2, 0.25) is 5.02 Å². The van der Waals surface area contributed by atoms with Crippen molar-refractivity contribution < 1.29 is 19.1 Å². The largest absolute Gasteiger partial charge is 0.466 e. The molecule has 0 aromatic heterocycles. The molecule has 0 spiro atoms. The average molecular weight is 479 g/mol. The Bertz CT molecular complexity index is 738. The highest BCUT2D eigenvalue weighted by Crippen LogP contribution is 2.15. The SMILES string of the molecule is CCCCCCCCCCCCOC(=O)CC1C(=O)NCCN1C(=O)Cc1ccc(Cl)cc1. The summed E-state index contributed by atoms with van der Waals surface area (Å²) in [4.78, 5) is 39.0. The molecule has 1 N–H and O–H groups in total. The fraction of sp³-hybridized carbons (Fsp3) is 0.654. The molecule has 6 nitrogen and oxygen atoms in total. The number of hydrogen-bond donors (Lipinski definition) is 1. The molecule has 0 radical (unpaired) electrons. The minimum atomic E-state index is -0.821. The van der Waals surface area contributed by atoms with Gasteiger partial charge >= 0.3 is 5.97 Å². The van der Waals surface area contributed by atoms with Crippen LogP contribution in [0.1, 0.15) is 83.1 Å². The number of nitrogens with zero attached hydrogens (tertiary/aromatic N) is 1. The maximum absolute atomic E-state index is 12.8. The van der Waals surface area contributed by atoms with Crippen LogP contribution in [0.25, 0.3) is 0 Å². The number of hydrogen-bond acceptors (Lipinski definition) is 4. The minimum Gasteiger partial charge on any atom is -0.466 e. The number of ether oxygens (including phenoxy) is 1. The highest BCUT2D eigenvalue weighted by molar-refractivity contribution is 6.30. The molecule has 0 bridgehead atoms. The van der Waals surface area contributed by atoms with E-state index in [1.807, 2.05) is 0 Å². The molecule has 184 valence electrons. The van der Waals surface area contributed by atoms with Gasteiger partial charge in [0.15, 0.2) is 0 Å². The molecule has 1 aliphatic heterocycles. The van der Waals surface area contributed by atoms with Gasteiger partial charge in [-0.2, -0.15) is 0 Å². The summed E-state index contributed by atoms with van der Waals surface area (Å²) < 4.78 is 5.35. The lowest BCUT2D eigenvalue weighted by Crippen LogP contribution is -2.58. The lowest BCUT2D eigenvalue weighted by atomic mass is 10.1. The van der Waals surface area contributed by atoms with Crippen molar-refractivity contribution in [2.75, 3.05) is 19.7 Å². The zero-order chi connectivity index (χ0) is 23.9. The average Bonchev–Trinajstić information content (AvgIpc) is 2.80. The summed E-state index contributed by atoms with van der Waals surface area (Å²) in [7, 11) is 0. The Labute approximate surface area is 203 Å². The summed E-state index contributed by atoms with van der Waals surface area (Å²) in [6, 6.07) is 6.23. The Morgan fingerprint density at radius 1 is 1.00 bits per heavy atom. The van der Waals surface area contributed by atoms with Crippen LogP contribution in [0.4, 0.5) is 0 Å². The molecule has 1 saturated heterocycles. The van der Waals surface area contributed by atoms with Gasteiger partial charge in [0.05, 0.1) is 19.4 Å². The van der Waals surface area contributed by atoms with Gasteiger partial charge in [-0.3, -0.25) is 14.4 Å². The van der Waals surface area contributed by atoms with Gasteiger partial charge in [-0.1, -0.05) is 88.4 Å². The highest BCUT2D eigenvalue weighted by atomic mass is 35.5. The zero-order valence-corrected chi connectivity index (χ0v) is 20.7. The van der Waals surface area contributed by atoms with E-state index in [9.17, 15) is 14.4 Å². The lowest BCUT2D eigenvalue weighted by molar-refractivity contribution is -0.151. The first kappa shape index (κ1) is 27.2. The maximum atomic E-state index is 12.8. The Balaban J connectivity index is 1.66. The molecule has 1 aromatic carbocycles. The summed E-state index contributed by atoms with van der Waals surface area (Å²) in [5.41, 5.74) is 0.817. The van der Waals surface area contributed by atoms with E-state index >= 15 is 0 Å². The van der Waals surface area contributed by atoms with Crippen molar-refractivity contribution in [1.82, 2.24) is 10.2 Å². The van der Waals surface area contributed by atoms with Gasteiger partial charge in [-0.05, 0) is 24.1 Å². The second-order valence-electron chi connectivity index (χ2n) is 8.80. The van der Waals surface area contributed by atoms with E-state index in [1.54, 1.807) is 24.3 Å². The van der Waals surface area contributed by atoms with Crippen LogP contribution in [0, 0.1) is 0 Å². The number of nitrogens with one attached hydrogen (secondary N) is 1. The topological polar surface area (TPSA) is 75.7 Å². The van der Waals surface area contributed by atoms with Crippen LogP contribution in [0.15, 0.2) is 24.3 Å². The van der Waals surface area contributed by atoms with E-state index in [1.165, 1.54) is 49.8 Å². The first-order valence-electron chi connectivity index (χ1n) is 12.5. The van der Waals surface area contributed by atoms with Crippen molar-refractivity contribution in [3.05, 3.63) is 34.9 Å². The van der Waals surface area contributed by atoms with Gasteiger partial charge in [-0.15, -0.1) is 0 Å². The van der Waals surface area contributed by atoms with Crippen molar-refractivity contribution in [3.63, 3.8) is 0 Å². The number of piperazine rings is 1. The van der Waals surface area contributed by atoms with Gasteiger partial charge in [0.1, 0.15) is 6.04 Å². The Morgan fingerprint density at radius 3 is 2.24 bits per heavy atom. The highest BCUT2D eigenvalue weighted by Gasteiger charge is 2.35. The number of rotatable bonds is 15. The van der Waals surface area contributed by atoms with Gasteiger partial charge in [0.2, 0.25) is 11.8 Å². The minimum absolute atomic E-state index is 0.115. The van der Waals surface area contributed by atoms with E-state index < -0.39 is 12.0 Å². The van der Waals surface area contributed by atoms with E-state index in [0.29, 0.717) is 24.7 Å². The number of unbranched alkanes of at least 4 members (excludes halogenated alkanes) is 9. The third-order valence-corrected chi connectivity index (χ3v) is 6.29. The maximum Gasteiger partial charge on any atom is 0.308 e. The standard InChI is InChI=1S/C26H39ClN2O4/c1-2-3-4-5-6-7-8-9-10-11-18-33-25(31)20-23-26(32)28-16-17-29(23)24(30)19-21-12-14-22(27)15-13-21/h12-15,23H,2-11,16-20H2,1H3,(H,28,32). The molecule has 1 atom stereocenters. The second kappa shape index (κ2) is 15.7. The van der Waals surface area contributed by atoms with Crippen LogP contribution in [0.5, 0.6) is 0 Å². The van der Waals surface area contributed by atoms with E-state index in [0.717, 1.165) is 24.8 Å². The third kappa shape index (κ3) is 10.6. The monoisotopic (exact) mass is 478 g/mol. The predicted octanol–water partition coefficient (Wildman–Crippen LogP) is 5.06. The first-order chi connectivity index (χ1) is 16.0. The van der Waals surface area contributed by atoms with Crippen LogP contribution in [-0.4, -0.2) is 48.4 Å². The van der Waals surface area contributed by atoms with E-state index in [-0.39, 0.29) is 24.7 Å². The third-order valence-electron chi connectivity index (χ3n) is 6.04. The molecule has 7 heteroatoms. The number of carbonyl (C=O) groups excluding carboxylic acids is 3. The Hall–Kier alpha value is -2.08. The molecule has 2 amide bonds. The van der Waals surface area contributed by atoms with Crippen molar-refractivity contribution >= 4 is 29.4 Å². The molecule has 33 heavy (non-hydrogen) atoms. The van der Waals surface area contributed by atoms with Gasteiger partial charge in [0, 0.05) is 18.1 Å². The predicted molar refractivity (Wildman–Crippen MR) is 131 cm³/mol. The van der Waals surface area contributed by atoms with E-state index in [2.05, 4.69) is 12.2 Å².